The van der Waals surface area contributed by atoms with Gasteiger partial charge in [0, 0.05) is 18.5 Å². The van der Waals surface area contributed by atoms with Crippen molar-refractivity contribution in [1.82, 2.24) is 4.31 Å². The van der Waals surface area contributed by atoms with Crippen LogP contribution in [0.5, 0.6) is 0 Å². The van der Waals surface area contributed by atoms with Crippen LogP contribution in [0.3, 0.4) is 0 Å². The molecule has 1 atom stereocenters. The second kappa shape index (κ2) is 7.48. The Hall–Kier alpha value is -2.37. The van der Waals surface area contributed by atoms with Gasteiger partial charge in [-0.05, 0) is 17.7 Å². The zero-order chi connectivity index (χ0) is 19.6. The maximum absolute atomic E-state index is 13.4. The van der Waals surface area contributed by atoms with Crippen molar-refractivity contribution in [3.63, 3.8) is 0 Å². The summed E-state index contributed by atoms with van der Waals surface area (Å²) in [5.41, 5.74) is -0.352. The minimum absolute atomic E-state index is 0.226. The van der Waals surface area contributed by atoms with Crippen molar-refractivity contribution >= 4 is 39.2 Å². The Morgan fingerprint density at radius 1 is 1.46 bits per heavy atom. The van der Waals surface area contributed by atoms with E-state index in [1.165, 1.54) is 19.2 Å². The molecular weight excluding hydrogens is 387 g/mol. The van der Waals surface area contributed by atoms with Crippen molar-refractivity contribution in [3.8, 4) is 0 Å². The Kier molecular flexibility index (Phi) is 5.74. The average Bonchev–Trinajstić information content (AvgIpc) is 2.55. The molecule has 138 valence electrons. The first-order valence-electron chi connectivity index (χ1n) is 7.18. The molecular formula is C15H13FN2O6S2. The van der Waals surface area contributed by atoms with Crippen LogP contribution in [-0.4, -0.2) is 46.9 Å². The number of nitro groups is 1. The van der Waals surface area contributed by atoms with Crippen LogP contribution in [0.1, 0.15) is 22.3 Å². The number of aldehydes is 1. The molecule has 0 N–H and O–H groups in total. The molecule has 8 nitrogen and oxygen atoms in total. The maximum atomic E-state index is 13.4. The summed E-state index contributed by atoms with van der Waals surface area (Å²) >= 11 is 4.92. The number of hydrogen-bond acceptors (Lipinski definition) is 7. The number of rotatable bonds is 6. The molecule has 0 bridgehead atoms. The smallest absolute Gasteiger partial charge is 0.254 e. The molecule has 1 aromatic rings. The molecule has 2 rings (SSSR count). The normalized spacial score (nSPS) is 18.0. The minimum Gasteiger partial charge on any atom is -0.298 e. The molecule has 0 saturated carbocycles. The van der Waals surface area contributed by atoms with Crippen molar-refractivity contribution < 1.29 is 27.3 Å². The van der Waals surface area contributed by atoms with Gasteiger partial charge < -0.3 is 0 Å². The van der Waals surface area contributed by atoms with E-state index in [1.807, 2.05) is 0 Å². The zero-order valence-electron chi connectivity index (χ0n) is 13.4. The van der Waals surface area contributed by atoms with Gasteiger partial charge in [-0.25, -0.2) is 12.8 Å². The highest BCUT2D eigenvalue weighted by molar-refractivity contribution is 7.93. The number of nitrogens with zero attached hydrogens (tertiary/aromatic N) is 2. The third-order valence-corrected chi connectivity index (χ3v) is 6.41. The van der Waals surface area contributed by atoms with E-state index in [2.05, 4.69) is 0 Å². The van der Waals surface area contributed by atoms with Crippen LogP contribution in [0, 0.1) is 15.9 Å². The van der Waals surface area contributed by atoms with Gasteiger partial charge in [0.25, 0.3) is 5.70 Å². The van der Waals surface area contributed by atoms with Crippen molar-refractivity contribution in [2.45, 2.75) is 18.2 Å². The van der Waals surface area contributed by atoms with Crippen LogP contribution in [0.4, 0.5) is 4.39 Å². The van der Waals surface area contributed by atoms with Crippen molar-refractivity contribution in [2.24, 2.45) is 0 Å². The molecule has 0 aromatic heterocycles. The lowest BCUT2D eigenvalue weighted by molar-refractivity contribution is -0.426. The lowest BCUT2D eigenvalue weighted by Crippen LogP contribution is -2.46. The first-order chi connectivity index (χ1) is 12.1. The van der Waals surface area contributed by atoms with Gasteiger partial charge in [-0.2, -0.15) is 4.31 Å². The number of thiocarbonyl (C=S) groups is 1. The third kappa shape index (κ3) is 3.89. The quantitative estimate of drug-likeness (QED) is 0.306. The number of allylic oxidation sites excluding steroid dienone is 2. The second-order valence-corrected chi connectivity index (χ2v) is 8.24. The van der Waals surface area contributed by atoms with Gasteiger partial charge in [-0.1, -0.05) is 18.3 Å². The summed E-state index contributed by atoms with van der Waals surface area (Å²) in [6, 6.07) is 3.53. The molecule has 0 amide bonds. The summed E-state index contributed by atoms with van der Waals surface area (Å²) in [5.74, 6) is -1.72. The van der Waals surface area contributed by atoms with Crippen LogP contribution in [0.2, 0.25) is 0 Å². The Bertz CT molecular complexity index is 941. The number of halogens is 1. The third-order valence-electron chi connectivity index (χ3n) is 3.77. The molecule has 1 unspecified atom stereocenters. The number of carbonyl (C=O) groups excluding carboxylic acids is 2. The van der Waals surface area contributed by atoms with Crippen LogP contribution >= 0.6 is 12.2 Å². The number of ketones is 1. The zero-order valence-corrected chi connectivity index (χ0v) is 15.0. The van der Waals surface area contributed by atoms with Crippen LogP contribution in [-0.2, 0) is 21.4 Å². The van der Waals surface area contributed by atoms with E-state index in [0.29, 0.717) is 17.9 Å². The van der Waals surface area contributed by atoms with E-state index in [0.717, 1.165) is 10.4 Å². The van der Waals surface area contributed by atoms with Gasteiger partial charge in [0.1, 0.15) is 5.82 Å². The van der Waals surface area contributed by atoms with Gasteiger partial charge in [-0.15, -0.1) is 0 Å². The summed E-state index contributed by atoms with van der Waals surface area (Å²) in [4.78, 5) is 32.6. The fourth-order valence-corrected chi connectivity index (χ4v) is 4.55. The first-order valence-corrected chi connectivity index (χ1v) is 9.09. The fourth-order valence-electron chi connectivity index (χ4n) is 2.46. The average molecular weight is 400 g/mol. The molecule has 0 spiro atoms. The highest BCUT2D eigenvalue weighted by Crippen LogP contribution is 2.23. The van der Waals surface area contributed by atoms with Crippen LogP contribution in [0.25, 0.3) is 0 Å². The number of carbonyl (C=O) groups is 2. The largest absolute Gasteiger partial charge is 0.298 e. The minimum atomic E-state index is -4.24. The van der Waals surface area contributed by atoms with E-state index in [-0.39, 0.29) is 17.0 Å². The second-order valence-electron chi connectivity index (χ2n) is 5.59. The Labute approximate surface area is 153 Å². The van der Waals surface area contributed by atoms with Crippen molar-refractivity contribution in [3.05, 3.63) is 57.0 Å². The van der Waals surface area contributed by atoms with Gasteiger partial charge >= 0.3 is 0 Å². The summed E-state index contributed by atoms with van der Waals surface area (Å²) < 4.78 is 39.6. The van der Waals surface area contributed by atoms with E-state index in [9.17, 15) is 32.5 Å². The van der Waals surface area contributed by atoms with E-state index in [1.54, 1.807) is 0 Å². The standard InChI is InChI=1S/C15H13FN2O6S2/c1-17(7-9-2-3-12(16)10(4-9)8-19)26(23,24)15-13(20)5-11(18(21)22)6-14(15)25/h2-5,8,15H,6-7H2,1H3. The van der Waals surface area contributed by atoms with Crippen LogP contribution < -0.4 is 0 Å². The molecule has 0 fully saturated rings. The van der Waals surface area contributed by atoms with E-state index < -0.39 is 43.9 Å². The lowest BCUT2D eigenvalue weighted by Gasteiger charge is -2.25. The van der Waals surface area contributed by atoms with Crippen molar-refractivity contribution in [1.29, 1.82) is 0 Å². The van der Waals surface area contributed by atoms with E-state index in [4.69, 9.17) is 12.2 Å². The number of hydrogen-bond donors (Lipinski definition) is 0. The van der Waals surface area contributed by atoms with Gasteiger partial charge in [0.15, 0.2) is 17.3 Å². The number of benzene rings is 1. The summed E-state index contributed by atoms with van der Waals surface area (Å²) in [6.07, 6.45) is 0.572. The first kappa shape index (κ1) is 19.9. The molecule has 11 heteroatoms. The van der Waals surface area contributed by atoms with Crippen molar-refractivity contribution in [2.75, 3.05) is 7.05 Å². The van der Waals surface area contributed by atoms with E-state index >= 15 is 0 Å². The predicted octanol–water partition coefficient (Wildman–Crippen LogP) is 1.27. The maximum Gasteiger partial charge on any atom is 0.254 e. The molecule has 0 heterocycles. The molecule has 0 saturated heterocycles. The Balaban J connectivity index is 2.29. The topological polar surface area (TPSA) is 115 Å². The highest BCUT2D eigenvalue weighted by atomic mass is 32.2. The molecule has 1 aliphatic rings. The lowest BCUT2D eigenvalue weighted by atomic mass is 10.0. The molecule has 0 radical (unpaired) electrons. The Morgan fingerprint density at radius 3 is 2.65 bits per heavy atom. The molecule has 1 aliphatic carbocycles. The predicted molar refractivity (Wildman–Crippen MR) is 93.3 cm³/mol. The van der Waals surface area contributed by atoms with Gasteiger partial charge in [0.05, 0.1) is 23.0 Å². The number of sulfonamides is 1. The van der Waals surface area contributed by atoms with Crippen LogP contribution in [0.15, 0.2) is 30.0 Å². The molecule has 1 aromatic carbocycles. The highest BCUT2D eigenvalue weighted by Gasteiger charge is 2.43. The van der Waals surface area contributed by atoms with Gasteiger partial charge in [-0.3, -0.25) is 19.7 Å². The van der Waals surface area contributed by atoms with Gasteiger partial charge in [0.2, 0.25) is 10.0 Å². The summed E-state index contributed by atoms with van der Waals surface area (Å²) in [7, 11) is -3.05. The Morgan fingerprint density at radius 2 is 2.12 bits per heavy atom. The SMILES string of the molecule is CN(Cc1ccc(F)c(C=O)c1)S(=O)(=O)C1C(=O)C=C([N+](=O)[O-])CC1=S. The monoisotopic (exact) mass is 400 g/mol. The fraction of sp³-hybridized carbons (Fsp3) is 0.267. The molecule has 26 heavy (non-hydrogen) atoms. The molecule has 0 aliphatic heterocycles. The summed E-state index contributed by atoms with van der Waals surface area (Å²) in [6.45, 7) is -0.234. The summed E-state index contributed by atoms with van der Waals surface area (Å²) in [5, 5.41) is 9.07.